The number of esters is 1. The summed E-state index contributed by atoms with van der Waals surface area (Å²) in [5.74, 6) is -0.0376. The summed E-state index contributed by atoms with van der Waals surface area (Å²) in [6, 6.07) is 9.67. The van der Waals surface area contributed by atoms with Crippen molar-refractivity contribution in [3.63, 3.8) is 0 Å². The van der Waals surface area contributed by atoms with E-state index in [0.717, 1.165) is 4.90 Å². The highest BCUT2D eigenvalue weighted by Gasteiger charge is 2.19. The molecule has 0 unspecified atom stereocenters. The first-order valence-electron chi connectivity index (χ1n) is 7.57. The van der Waals surface area contributed by atoms with Gasteiger partial charge in [-0.1, -0.05) is 22.9 Å². The molecule has 0 radical (unpaired) electrons. The Hall–Kier alpha value is -2.28. The van der Waals surface area contributed by atoms with Crippen LogP contribution in [0.15, 0.2) is 39.8 Å². The Balaban J connectivity index is 1.70. The smallest absolute Gasteiger partial charge is 0.307 e. The van der Waals surface area contributed by atoms with E-state index in [-0.39, 0.29) is 12.3 Å². The number of amides is 1. The van der Waals surface area contributed by atoms with Crippen LogP contribution in [0.2, 0.25) is 0 Å². The predicted octanol–water partition coefficient (Wildman–Crippen LogP) is 3.34. The largest absolute Gasteiger partial charge is 0.453 e. The highest BCUT2D eigenvalue weighted by atomic mass is 32.2. The molecule has 1 amide bonds. The maximum atomic E-state index is 11.9. The van der Waals surface area contributed by atoms with Crippen LogP contribution in [0.4, 0.5) is 5.88 Å². The van der Waals surface area contributed by atoms with E-state index in [0.29, 0.717) is 11.4 Å². The molecule has 0 fully saturated rings. The van der Waals surface area contributed by atoms with E-state index >= 15 is 0 Å². The van der Waals surface area contributed by atoms with Crippen LogP contribution in [0.1, 0.15) is 24.6 Å². The SMILES string of the molecule is Cc1ccc(SCCC(=O)O[C@@H](C)C(=O)Nc2cc(C)no2)cc1. The van der Waals surface area contributed by atoms with Crippen LogP contribution in [0.5, 0.6) is 0 Å². The molecule has 0 bridgehead atoms. The first kappa shape index (κ1) is 18.1. The number of benzene rings is 1. The second-order valence-electron chi connectivity index (χ2n) is 5.37. The monoisotopic (exact) mass is 348 g/mol. The van der Waals surface area contributed by atoms with E-state index in [1.165, 1.54) is 12.5 Å². The van der Waals surface area contributed by atoms with Gasteiger partial charge in [0.05, 0.1) is 12.1 Å². The van der Waals surface area contributed by atoms with Crippen LogP contribution in [0.3, 0.4) is 0 Å². The van der Waals surface area contributed by atoms with Crippen molar-refractivity contribution >= 4 is 29.5 Å². The molecule has 0 saturated carbocycles. The molecule has 1 aromatic heterocycles. The third kappa shape index (κ3) is 5.73. The quantitative estimate of drug-likeness (QED) is 0.610. The molecule has 6 nitrogen and oxygen atoms in total. The van der Waals surface area contributed by atoms with E-state index in [9.17, 15) is 9.59 Å². The Morgan fingerprint density at radius 2 is 2.00 bits per heavy atom. The van der Waals surface area contributed by atoms with Gasteiger partial charge >= 0.3 is 5.97 Å². The van der Waals surface area contributed by atoms with Crippen LogP contribution in [0.25, 0.3) is 0 Å². The lowest BCUT2D eigenvalue weighted by Crippen LogP contribution is -2.29. The standard InChI is InChI=1S/C17H20N2O4S/c1-11-4-6-14(7-5-11)24-9-8-16(20)22-13(3)17(21)18-15-10-12(2)19-23-15/h4-7,10,13H,8-9H2,1-3H3,(H,18,21)/t13-/m0/s1. The summed E-state index contributed by atoms with van der Waals surface area (Å²) in [6.07, 6.45) is -0.662. The summed E-state index contributed by atoms with van der Waals surface area (Å²) in [5.41, 5.74) is 1.85. The van der Waals surface area contributed by atoms with Gasteiger partial charge in [-0.3, -0.25) is 14.9 Å². The van der Waals surface area contributed by atoms with Gasteiger partial charge in [-0.05, 0) is 32.9 Å². The number of hydrogen-bond acceptors (Lipinski definition) is 6. The molecule has 128 valence electrons. The summed E-state index contributed by atoms with van der Waals surface area (Å²) >= 11 is 1.57. The molecule has 0 aliphatic heterocycles. The van der Waals surface area contributed by atoms with E-state index < -0.39 is 18.0 Å². The lowest BCUT2D eigenvalue weighted by molar-refractivity contribution is -0.152. The number of anilines is 1. The molecule has 1 heterocycles. The molecular formula is C17H20N2O4S. The number of aromatic nitrogens is 1. The van der Waals surface area contributed by atoms with Crippen molar-refractivity contribution in [1.82, 2.24) is 5.16 Å². The van der Waals surface area contributed by atoms with Crippen molar-refractivity contribution in [2.75, 3.05) is 11.1 Å². The molecule has 24 heavy (non-hydrogen) atoms. The maximum Gasteiger partial charge on any atom is 0.307 e. The van der Waals surface area contributed by atoms with Crippen LogP contribution in [-0.4, -0.2) is 28.9 Å². The van der Waals surface area contributed by atoms with Gasteiger partial charge in [-0.15, -0.1) is 11.8 Å². The zero-order chi connectivity index (χ0) is 17.5. The summed E-state index contributed by atoms with van der Waals surface area (Å²) < 4.78 is 10.0. The van der Waals surface area contributed by atoms with Crippen molar-refractivity contribution < 1.29 is 18.8 Å². The number of hydrogen-bond donors (Lipinski definition) is 1. The van der Waals surface area contributed by atoms with Crippen molar-refractivity contribution in [2.24, 2.45) is 0 Å². The number of nitrogens with one attached hydrogen (secondary N) is 1. The van der Waals surface area contributed by atoms with Crippen molar-refractivity contribution in [3.05, 3.63) is 41.6 Å². The fourth-order valence-corrected chi connectivity index (χ4v) is 2.67. The van der Waals surface area contributed by atoms with Crippen LogP contribution in [-0.2, 0) is 14.3 Å². The molecule has 1 aromatic carbocycles. The van der Waals surface area contributed by atoms with Crippen LogP contribution < -0.4 is 5.32 Å². The summed E-state index contributed by atoms with van der Waals surface area (Å²) in [7, 11) is 0. The molecule has 0 saturated heterocycles. The molecule has 1 atom stereocenters. The van der Waals surface area contributed by atoms with Gasteiger partial charge in [0.25, 0.3) is 5.91 Å². The van der Waals surface area contributed by atoms with Gasteiger partial charge in [0.15, 0.2) is 6.10 Å². The molecular weight excluding hydrogens is 328 g/mol. The Bertz CT molecular complexity index is 697. The molecule has 0 aliphatic rings. The first-order valence-corrected chi connectivity index (χ1v) is 8.56. The molecule has 0 spiro atoms. The highest BCUT2D eigenvalue weighted by molar-refractivity contribution is 7.99. The number of thioether (sulfide) groups is 1. The summed E-state index contributed by atoms with van der Waals surface area (Å²) in [5, 5.41) is 6.17. The Kier molecular flexibility index (Phi) is 6.43. The van der Waals surface area contributed by atoms with Crippen molar-refractivity contribution in [2.45, 2.75) is 38.2 Å². The maximum absolute atomic E-state index is 11.9. The lowest BCUT2D eigenvalue weighted by atomic mass is 10.2. The number of rotatable bonds is 7. The predicted molar refractivity (Wildman–Crippen MR) is 91.9 cm³/mol. The molecule has 2 rings (SSSR count). The molecule has 2 aromatic rings. The Morgan fingerprint density at radius 1 is 1.29 bits per heavy atom. The number of carbonyl (C=O) groups is 2. The highest BCUT2D eigenvalue weighted by Crippen LogP contribution is 2.19. The molecule has 0 aliphatic carbocycles. The third-order valence-electron chi connectivity index (χ3n) is 3.15. The Labute approximate surface area is 144 Å². The minimum absolute atomic E-state index is 0.232. The topological polar surface area (TPSA) is 81.4 Å². The van der Waals surface area contributed by atoms with Gasteiger partial charge in [0, 0.05) is 16.7 Å². The first-order chi connectivity index (χ1) is 11.4. The van der Waals surface area contributed by atoms with Gasteiger partial charge in [-0.2, -0.15) is 0 Å². The second kappa shape index (κ2) is 8.54. The van der Waals surface area contributed by atoms with E-state index in [4.69, 9.17) is 9.26 Å². The van der Waals surface area contributed by atoms with E-state index in [1.807, 2.05) is 31.2 Å². The van der Waals surface area contributed by atoms with Gasteiger partial charge in [0.2, 0.25) is 5.88 Å². The number of carbonyl (C=O) groups excluding carboxylic acids is 2. The number of nitrogens with zero attached hydrogens (tertiary/aromatic N) is 1. The fraction of sp³-hybridized carbons (Fsp3) is 0.353. The van der Waals surface area contributed by atoms with Crippen LogP contribution >= 0.6 is 11.8 Å². The summed E-state index contributed by atoms with van der Waals surface area (Å²) in [4.78, 5) is 24.8. The van der Waals surface area contributed by atoms with Gasteiger partial charge in [-0.25, -0.2) is 0 Å². The number of aryl methyl sites for hydroxylation is 2. The zero-order valence-electron chi connectivity index (χ0n) is 13.9. The average molecular weight is 348 g/mol. The normalized spacial score (nSPS) is 11.8. The molecule has 1 N–H and O–H groups in total. The van der Waals surface area contributed by atoms with Crippen molar-refractivity contribution in [3.8, 4) is 0 Å². The minimum Gasteiger partial charge on any atom is -0.453 e. The van der Waals surface area contributed by atoms with Crippen LogP contribution in [0, 0.1) is 13.8 Å². The van der Waals surface area contributed by atoms with Gasteiger partial charge < -0.3 is 9.26 Å². The number of ether oxygens (including phenoxy) is 1. The zero-order valence-corrected chi connectivity index (χ0v) is 14.7. The Morgan fingerprint density at radius 3 is 2.62 bits per heavy atom. The van der Waals surface area contributed by atoms with E-state index in [1.54, 1.807) is 24.8 Å². The second-order valence-corrected chi connectivity index (χ2v) is 6.53. The van der Waals surface area contributed by atoms with E-state index in [2.05, 4.69) is 10.5 Å². The average Bonchev–Trinajstić information content (AvgIpc) is 2.94. The lowest BCUT2D eigenvalue weighted by Gasteiger charge is -2.12. The van der Waals surface area contributed by atoms with Crippen molar-refractivity contribution in [1.29, 1.82) is 0 Å². The summed E-state index contributed by atoms with van der Waals surface area (Å²) in [6.45, 7) is 5.29. The van der Waals surface area contributed by atoms with Gasteiger partial charge in [0.1, 0.15) is 0 Å². The third-order valence-corrected chi connectivity index (χ3v) is 4.16. The fourth-order valence-electron chi connectivity index (χ4n) is 1.84. The molecule has 7 heteroatoms. The minimum atomic E-state index is -0.896.